The smallest absolute Gasteiger partial charge is 0.274 e. The SMILES string of the molecule is O=C(Cl)c1ncncc1Oc1cc(Cl)ccc1Cl. The largest absolute Gasteiger partial charge is 0.452 e. The number of hydrogen-bond acceptors (Lipinski definition) is 4. The van der Waals surface area contributed by atoms with E-state index in [1.807, 2.05) is 0 Å². The highest BCUT2D eigenvalue weighted by molar-refractivity contribution is 6.67. The Bertz CT molecular complexity index is 605. The van der Waals surface area contributed by atoms with E-state index in [0.29, 0.717) is 10.0 Å². The first-order valence-electron chi connectivity index (χ1n) is 4.70. The van der Waals surface area contributed by atoms with Gasteiger partial charge in [-0.15, -0.1) is 0 Å². The minimum Gasteiger partial charge on any atom is -0.452 e. The van der Waals surface area contributed by atoms with Crippen molar-refractivity contribution in [2.24, 2.45) is 0 Å². The summed E-state index contributed by atoms with van der Waals surface area (Å²) in [7, 11) is 0. The van der Waals surface area contributed by atoms with Crippen molar-refractivity contribution in [3.8, 4) is 11.5 Å². The van der Waals surface area contributed by atoms with Crippen molar-refractivity contribution in [3.63, 3.8) is 0 Å². The number of nitrogens with zero attached hydrogens (tertiary/aromatic N) is 2. The van der Waals surface area contributed by atoms with Gasteiger partial charge in [0.15, 0.2) is 11.4 Å². The van der Waals surface area contributed by atoms with Crippen molar-refractivity contribution in [1.29, 1.82) is 0 Å². The molecule has 0 radical (unpaired) electrons. The van der Waals surface area contributed by atoms with Crippen molar-refractivity contribution in [2.45, 2.75) is 0 Å². The Balaban J connectivity index is 2.40. The van der Waals surface area contributed by atoms with Crippen LogP contribution in [0.3, 0.4) is 0 Å². The lowest BCUT2D eigenvalue weighted by Crippen LogP contribution is -1.99. The van der Waals surface area contributed by atoms with Gasteiger partial charge in [-0.25, -0.2) is 9.97 Å². The Kier molecular flexibility index (Phi) is 4.01. The zero-order valence-electron chi connectivity index (χ0n) is 8.73. The van der Waals surface area contributed by atoms with Crippen LogP contribution >= 0.6 is 34.8 Å². The zero-order valence-corrected chi connectivity index (χ0v) is 11.0. The molecule has 0 aliphatic heterocycles. The summed E-state index contributed by atoms with van der Waals surface area (Å²) in [5.41, 5.74) is -0.0392. The maximum Gasteiger partial charge on any atom is 0.274 e. The third-order valence-corrected chi connectivity index (χ3v) is 2.70. The second kappa shape index (κ2) is 5.52. The molecule has 0 saturated heterocycles. The third kappa shape index (κ3) is 2.90. The Morgan fingerprint density at radius 1 is 1.22 bits per heavy atom. The molecule has 4 nitrogen and oxygen atoms in total. The van der Waals surface area contributed by atoms with E-state index in [4.69, 9.17) is 39.5 Å². The Hall–Kier alpha value is -1.36. The maximum atomic E-state index is 11.1. The first kappa shape index (κ1) is 13.1. The van der Waals surface area contributed by atoms with Crippen LogP contribution in [0.2, 0.25) is 10.0 Å². The fourth-order valence-corrected chi connectivity index (χ4v) is 1.67. The van der Waals surface area contributed by atoms with E-state index in [-0.39, 0.29) is 17.2 Å². The fourth-order valence-electron chi connectivity index (χ4n) is 1.21. The predicted molar refractivity (Wildman–Crippen MR) is 68.8 cm³/mol. The summed E-state index contributed by atoms with van der Waals surface area (Å²) in [4.78, 5) is 18.6. The predicted octanol–water partition coefficient (Wildman–Crippen LogP) is 3.95. The molecule has 1 aromatic heterocycles. The molecule has 2 aromatic rings. The summed E-state index contributed by atoms with van der Waals surface area (Å²) >= 11 is 17.1. The van der Waals surface area contributed by atoms with Gasteiger partial charge >= 0.3 is 0 Å². The van der Waals surface area contributed by atoms with Gasteiger partial charge in [-0.1, -0.05) is 23.2 Å². The molecule has 1 aromatic carbocycles. The van der Waals surface area contributed by atoms with E-state index in [9.17, 15) is 4.79 Å². The lowest BCUT2D eigenvalue weighted by molar-refractivity contribution is 0.107. The summed E-state index contributed by atoms with van der Waals surface area (Å²) in [5, 5.41) is 0.0479. The average molecular weight is 304 g/mol. The molecular weight excluding hydrogens is 298 g/mol. The number of carbonyl (C=O) groups is 1. The van der Waals surface area contributed by atoms with Crippen molar-refractivity contribution in [2.75, 3.05) is 0 Å². The van der Waals surface area contributed by atoms with Crippen LogP contribution in [0.5, 0.6) is 11.5 Å². The molecule has 0 N–H and O–H groups in total. The van der Waals surface area contributed by atoms with Crippen LogP contribution in [-0.2, 0) is 0 Å². The molecule has 2 rings (SSSR count). The third-order valence-electron chi connectivity index (χ3n) is 1.98. The van der Waals surface area contributed by atoms with Crippen molar-refractivity contribution in [1.82, 2.24) is 9.97 Å². The van der Waals surface area contributed by atoms with E-state index >= 15 is 0 Å². The van der Waals surface area contributed by atoms with Crippen molar-refractivity contribution < 1.29 is 9.53 Å². The lowest BCUT2D eigenvalue weighted by atomic mass is 10.3. The van der Waals surface area contributed by atoms with Gasteiger partial charge in [0.25, 0.3) is 5.24 Å². The monoisotopic (exact) mass is 302 g/mol. The minimum absolute atomic E-state index is 0.0392. The summed E-state index contributed by atoms with van der Waals surface area (Å²) < 4.78 is 5.44. The first-order valence-corrected chi connectivity index (χ1v) is 5.84. The van der Waals surface area contributed by atoms with Gasteiger partial charge in [0.2, 0.25) is 0 Å². The normalized spacial score (nSPS) is 10.2. The second-order valence-corrected chi connectivity index (χ2v) is 4.37. The summed E-state index contributed by atoms with van der Waals surface area (Å²) in [6, 6.07) is 4.70. The van der Waals surface area contributed by atoms with Crippen LogP contribution < -0.4 is 4.74 Å². The highest BCUT2D eigenvalue weighted by atomic mass is 35.5. The van der Waals surface area contributed by atoms with Crippen molar-refractivity contribution in [3.05, 3.63) is 46.5 Å². The topological polar surface area (TPSA) is 52.1 Å². The van der Waals surface area contributed by atoms with E-state index < -0.39 is 5.24 Å². The van der Waals surface area contributed by atoms with Gasteiger partial charge in [0.05, 0.1) is 11.2 Å². The fraction of sp³-hybridized carbons (Fsp3) is 0. The van der Waals surface area contributed by atoms with Crippen LogP contribution in [0.4, 0.5) is 0 Å². The molecule has 0 aliphatic carbocycles. The van der Waals surface area contributed by atoms with Crippen molar-refractivity contribution >= 4 is 40.0 Å². The Labute approximate surface area is 117 Å². The Morgan fingerprint density at radius 3 is 2.72 bits per heavy atom. The number of carbonyl (C=O) groups excluding carboxylic acids is 1. The lowest BCUT2D eigenvalue weighted by Gasteiger charge is -2.08. The molecule has 7 heteroatoms. The molecule has 0 saturated carbocycles. The summed E-state index contributed by atoms with van der Waals surface area (Å²) in [6.45, 7) is 0. The van der Waals surface area contributed by atoms with E-state index in [2.05, 4.69) is 9.97 Å². The zero-order chi connectivity index (χ0) is 13.1. The number of ether oxygens (including phenoxy) is 1. The highest BCUT2D eigenvalue weighted by Crippen LogP contribution is 2.32. The van der Waals surface area contributed by atoms with Gasteiger partial charge in [-0.05, 0) is 23.7 Å². The molecule has 0 amide bonds. The number of hydrogen-bond donors (Lipinski definition) is 0. The molecule has 18 heavy (non-hydrogen) atoms. The summed E-state index contributed by atoms with van der Waals surface area (Å²) in [6.07, 6.45) is 2.52. The number of halogens is 3. The van der Waals surface area contributed by atoms with Gasteiger partial charge < -0.3 is 4.74 Å². The average Bonchev–Trinajstić information content (AvgIpc) is 2.34. The van der Waals surface area contributed by atoms with E-state index in [1.165, 1.54) is 18.6 Å². The minimum atomic E-state index is -0.745. The molecule has 0 fully saturated rings. The maximum absolute atomic E-state index is 11.1. The number of aromatic nitrogens is 2. The Morgan fingerprint density at radius 2 is 2.00 bits per heavy atom. The molecule has 0 aliphatic rings. The molecule has 1 heterocycles. The van der Waals surface area contributed by atoms with Crippen LogP contribution in [0, 0.1) is 0 Å². The van der Waals surface area contributed by atoms with E-state index in [0.717, 1.165) is 0 Å². The van der Waals surface area contributed by atoms with Gasteiger partial charge in [0, 0.05) is 11.1 Å². The quantitative estimate of drug-likeness (QED) is 0.806. The van der Waals surface area contributed by atoms with Crippen LogP contribution in [0.1, 0.15) is 10.5 Å². The molecular formula is C11H5Cl3N2O2. The van der Waals surface area contributed by atoms with Gasteiger partial charge in [-0.2, -0.15) is 0 Å². The summed E-state index contributed by atoms with van der Waals surface area (Å²) in [5.74, 6) is 0.403. The molecule has 92 valence electrons. The van der Waals surface area contributed by atoms with Crippen LogP contribution in [0.15, 0.2) is 30.7 Å². The van der Waals surface area contributed by atoms with Gasteiger partial charge in [0.1, 0.15) is 12.1 Å². The molecule has 0 unspecified atom stereocenters. The number of rotatable bonds is 3. The number of benzene rings is 1. The standard InChI is InChI=1S/C11H5Cl3N2O2/c12-6-1-2-7(13)8(3-6)18-9-4-15-5-16-10(9)11(14)17/h1-5H. The molecule has 0 bridgehead atoms. The van der Waals surface area contributed by atoms with Gasteiger partial charge in [-0.3, -0.25) is 4.79 Å². The van der Waals surface area contributed by atoms with Crippen LogP contribution in [0.25, 0.3) is 0 Å². The highest BCUT2D eigenvalue weighted by Gasteiger charge is 2.14. The molecule has 0 atom stereocenters. The van der Waals surface area contributed by atoms with Crippen LogP contribution in [-0.4, -0.2) is 15.2 Å². The van der Waals surface area contributed by atoms with E-state index in [1.54, 1.807) is 12.1 Å². The molecule has 0 spiro atoms. The second-order valence-electron chi connectivity index (χ2n) is 3.19. The first-order chi connectivity index (χ1) is 8.58.